The molecule has 0 aliphatic heterocycles. The van der Waals surface area contributed by atoms with E-state index >= 15 is 0 Å². The van der Waals surface area contributed by atoms with Gasteiger partial charge in [-0.05, 0) is 64.1 Å². The largest absolute Gasteiger partial charge is 0.397 e. The molecule has 0 amide bonds. The maximum absolute atomic E-state index is 11.2. The van der Waals surface area contributed by atoms with Gasteiger partial charge in [0.25, 0.3) is 10.1 Å². The highest BCUT2D eigenvalue weighted by Gasteiger charge is 2.14. The zero-order valence-electron chi connectivity index (χ0n) is 22.7. The monoisotopic (exact) mass is 575 g/mol. The normalized spacial score (nSPS) is 11.3. The second-order valence-corrected chi connectivity index (χ2v) is 11.2. The van der Waals surface area contributed by atoms with E-state index in [1.54, 1.807) is 0 Å². The molecule has 3 rings (SSSR count). The van der Waals surface area contributed by atoms with Crippen LogP contribution in [0.5, 0.6) is 0 Å². The number of aromatic nitrogens is 3. The zero-order chi connectivity index (χ0) is 28.6. The summed E-state index contributed by atoms with van der Waals surface area (Å²) in [5, 5.41) is 6.61. The highest BCUT2D eigenvalue weighted by molar-refractivity contribution is 8.00. The minimum atomic E-state index is -4.12. The van der Waals surface area contributed by atoms with E-state index in [1.807, 2.05) is 36.4 Å². The van der Waals surface area contributed by atoms with Crippen molar-refractivity contribution in [3.05, 3.63) is 36.4 Å². The van der Waals surface area contributed by atoms with Gasteiger partial charge in [0.15, 0.2) is 5.16 Å². The fourth-order valence-corrected chi connectivity index (χ4v) is 5.55. The summed E-state index contributed by atoms with van der Waals surface area (Å²) in [6.45, 7) is 11.7. The van der Waals surface area contributed by atoms with Crippen LogP contribution < -0.4 is 31.9 Å². The van der Waals surface area contributed by atoms with Crippen molar-refractivity contribution in [2.45, 2.75) is 32.9 Å². The summed E-state index contributed by atoms with van der Waals surface area (Å²) in [6, 6.07) is 11.4. The predicted molar refractivity (Wildman–Crippen MR) is 162 cm³/mol. The minimum Gasteiger partial charge on any atom is -0.397 e. The van der Waals surface area contributed by atoms with Gasteiger partial charge in [-0.25, -0.2) is 0 Å². The Hall–Kier alpha value is -3.49. The van der Waals surface area contributed by atoms with Crippen molar-refractivity contribution in [1.29, 1.82) is 0 Å². The third-order valence-corrected chi connectivity index (χ3v) is 7.84. The zero-order valence-corrected chi connectivity index (χ0v) is 24.3. The van der Waals surface area contributed by atoms with Crippen LogP contribution >= 0.6 is 11.8 Å². The van der Waals surface area contributed by atoms with Crippen LogP contribution in [-0.4, -0.2) is 65.6 Å². The van der Waals surface area contributed by atoms with E-state index in [0.29, 0.717) is 22.7 Å². The molecule has 2 aromatic carbocycles. The molecule has 12 nitrogen and oxygen atoms in total. The second kappa shape index (κ2) is 13.5. The Morgan fingerprint density at radius 3 is 1.62 bits per heavy atom. The van der Waals surface area contributed by atoms with Crippen molar-refractivity contribution in [3.8, 4) is 0 Å². The lowest BCUT2D eigenvalue weighted by Gasteiger charge is -2.22. The number of nitrogens with one attached hydrogen (secondary N) is 2. The highest BCUT2D eigenvalue weighted by Crippen LogP contribution is 2.31. The number of hydrogen-bond acceptors (Lipinski definition) is 12. The van der Waals surface area contributed by atoms with Gasteiger partial charge in [-0.2, -0.15) is 23.4 Å². The van der Waals surface area contributed by atoms with Crippen LogP contribution in [0.1, 0.15) is 27.7 Å². The van der Waals surface area contributed by atoms with Crippen LogP contribution in [-0.2, 0) is 10.1 Å². The summed E-state index contributed by atoms with van der Waals surface area (Å²) in [4.78, 5) is 17.8. The van der Waals surface area contributed by atoms with Crippen molar-refractivity contribution in [2.75, 3.05) is 69.6 Å². The Labute approximate surface area is 234 Å². The Morgan fingerprint density at radius 2 is 1.23 bits per heavy atom. The molecule has 0 bridgehead atoms. The molecule has 39 heavy (non-hydrogen) atoms. The molecular weight excluding hydrogens is 538 g/mol. The maximum atomic E-state index is 11.2. The Kier molecular flexibility index (Phi) is 10.4. The van der Waals surface area contributed by atoms with Gasteiger partial charge >= 0.3 is 0 Å². The quantitative estimate of drug-likeness (QED) is 0.105. The van der Waals surface area contributed by atoms with E-state index in [9.17, 15) is 8.42 Å². The molecule has 0 saturated carbocycles. The molecule has 14 heteroatoms. The van der Waals surface area contributed by atoms with E-state index in [-0.39, 0.29) is 22.8 Å². The average Bonchev–Trinajstić information content (AvgIpc) is 2.88. The summed E-state index contributed by atoms with van der Waals surface area (Å²) >= 11 is 1.08. The van der Waals surface area contributed by atoms with Crippen molar-refractivity contribution >= 4 is 67.9 Å². The van der Waals surface area contributed by atoms with Crippen LogP contribution in [0.25, 0.3) is 0 Å². The minimum absolute atomic E-state index is 0.0564. The number of hydrogen-bond donors (Lipinski definition) is 5. The summed E-state index contributed by atoms with van der Waals surface area (Å²) in [7, 11) is -4.12. The highest BCUT2D eigenvalue weighted by atomic mass is 32.2. The molecule has 0 atom stereocenters. The van der Waals surface area contributed by atoms with Gasteiger partial charge in [0, 0.05) is 43.3 Å². The van der Waals surface area contributed by atoms with Gasteiger partial charge < -0.3 is 31.9 Å². The molecule has 0 fully saturated rings. The molecule has 1 aromatic heterocycles. The van der Waals surface area contributed by atoms with Crippen molar-refractivity contribution in [1.82, 2.24) is 15.0 Å². The van der Waals surface area contributed by atoms with E-state index < -0.39 is 15.9 Å². The first kappa shape index (κ1) is 30.1. The Morgan fingerprint density at radius 1 is 0.795 bits per heavy atom. The van der Waals surface area contributed by atoms with Gasteiger partial charge in [-0.15, -0.1) is 0 Å². The van der Waals surface area contributed by atoms with Gasteiger partial charge in [0.2, 0.25) is 11.9 Å². The molecular formula is C25H37N9O3S2. The number of nitrogen functional groups attached to an aromatic ring is 2. The number of rotatable bonds is 14. The topological polar surface area (TPSA) is 176 Å². The van der Waals surface area contributed by atoms with Gasteiger partial charge in [0.1, 0.15) is 0 Å². The van der Waals surface area contributed by atoms with Crippen LogP contribution in [0.4, 0.5) is 46.0 Å². The molecule has 0 unspecified atom stereocenters. The number of thioether (sulfide) groups is 1. The maximum Gasteiger partial charge on any atom is 0.265 e. The van der Waals surface area contributed by atoms with Crippen LogP contribution in [0.2, 0.25) is 0 Å². The summed E-state index contributed by atoms with van der Waals surface area (Å²) in [5.41, 5.74) is 16.7. The van der Waals surface area contributed by atoms with Gasteiger partial charge in [0.05, 0.1) is 28.5 Å². The third-order valence-electron chi connectivity index (χ3n) is 6.01. The third kappa shape index (κ3) is 8.50. The standard InChI is InChI=1S/C25H37N9O3S2/c1-5-33(6-2)17-9-11-19(26)21(15-17)28-23-30-24(32-25(31-23)38-13-14-39(35,36)37)29-22-16-18(10-12-20(22)27)34(7-3)8-4/h9-12,15-16H,5-8,13-14,26-27H2,1-4H3,(H,35,36,37)(H2,28,29,30,31,32). The molecule has 0 aliphatic rings. The molecule has 1 heterocycles. The average molecular weight is 576 g/mol. The predicted octanol–water partition coefficient (Wildman–Crippen LogP) is 4.20. The lowest BCUT2D eigenvalue weighted by atomic mass is 10.2. The van der Waals surface area contributed by atoms with E-state index in [4.69, 9.17) is 16.0 Å². The smallest absolute Gasteiger partial charge is 0.265 e. The molecule has 3 aromatic rings. The van der Waals surface area contributed by atoms with E-state index in [1.165, 1.54) is 0 Å². The second-order valence-electron chi connectivity index (χ2n) is 8.54. The van der Waals surface area contributed by atoms with Crippen LogP contribution in [0, 0.1) is 0 Å². The van der Waals surface area contributed by atoms with E-state index in [2.05, 4.69) is 63.1 Å². The Bertz CT molecular complexity index is 1280. The Balaban J connectivity index is 1.98. The number of anilines is 8. The van der Waals surface area contributed by atoms with Crippen molar-refractivity contribution in [2.24, 2.45) is 0 Å². The molecule has 0 aliphatic carbocycles. The summed E-state index contributed by atoms with van der Waals surface area (Å²) < 4.78 is 31.6. The van der Waals surface area contributed by atoms with Crippen molar-refractivity contribution in [3.63, 3.8) is 0 Å². The van der Waals surface area contributed by atoms with Crippen LogP contribution in [0.15, 0.2) is 41.6 Å². The SMILES string of the molecule is CCN(CC)c1ccc(N)c(Nc2nc(Nc3cc(N(CC)CC)ccc3N)nc(SCCS(=O)(=O)O)n2)c1. The van der Waals surface area contributed by atoms with Crippen LogP contribution in [0.3, 0.4) is 0 Å². The fraction of sp³-hybridized carbons (Fsp3) is 0.400. The van der Waals surface area contributed by atoms with Gasteiger partial charge in [-0.3, -0.25) is 4.55 Å². The molecule has 0 spiro atoms. The number of benzene rings is 2. The number of nitrogens with two attached hydrogens (primary N) is 2. The lowest BCUT2D eigenvalue weighted by Crippen LogP contribution is -2.22. The molecule has 212 valence electrons. The lowest BCUT2D eigenvalue weighted by molar-refractivity contribution is 0.485. The summed E-state index contributed by atoms with van der Waals surface area (Å²) in [5.74, 6) is 0.0421. The first-order valence-corrected chi connectivity index (χ1v) is 15.3. The van der Waals surface area contributed by atoms with Gasteiger partial charge in [-0.1, -0.05) is 11.8 Å². The molecule has 0 saturated heterocycles. The number of nitrogens with zero attached hydrogens (tertiary/aromatic N) is 5. The first-order valence-electron chi connectivity index (χ1n) is 12.7. The summed E-state index contributed by atoms with van der Waals surface area (Å²) in [6.07, 6.45) is 0. The molecule has 7 N–H and O–H groups in total. The van der Waals surface area contributed by atoms with E-state index in [0.717, 1.165) is 49.3 Å². The first-order chi connectivity index (χ1) is 18.6. The molecule has 0 radical (unpaired) electrons. The van der Waals surface area contributed by atoms with Crippen molar-refractivity contribution < 1.29 is 13.0 Å². The fourth-order valence-electron chi connectivity index (χ4n) is 3.89.